The van der Waals surface area contributed by atoms with Crippen LogP contribution in [-0.2, 0) is 11.3 Å². The van der Waals surface area contributed by atoms with Crippen molar-refractivity contribution in [3.63, 3.8) is 0 Å². The molecule has 4 heteroatoms. The standard InChI is InChI=1S/C14H20FNO2/c1-2-18-13-5-7-16(8-6-13)14-4-3-12(15)9-11(14)10-17/h3-4,9,13,17H,2,5-8,10H2,1H3. The summed E-state index contributed by atoms with van der Waals surface area (Å²) < 4.78 is 18.7. The average molecular weight is 253 g/mol. The van der Waals surface area contributed by atoms with Crippen molar-refractivity contribution in [2.75, 3.05) is 24.6 Å². The Bertz CT molecular complexity index is 389. The monoisotopic (exact) mass is 253 g/mol. The highest BCUT2D eigenvalue weighted by atomic mass is 19.1. The highest BCUT2D eigenvalue weighted by molar-refractivity contribution is 5.54. The minimum atomic E-state index is -0.299. The number of benzene rings is 1. The van der Waals surface area contributed by atoms with Crippen LogP contribution < -0.4 is 4.90 Å². The van der Waals surface area contributed by atoms with E-state index in [1.54, 1.807) is 6.07 Å². The van der Waals surface area contributed by atoms with E-state index in [1.807, 2.05) is 6.92 Å². The fourth-order valence-electron chi connectivity index (χ4n) is 2.49. The third-order valence-electron chi connectivity index (χ3n) is 3.40. The summed E-state index contributed by atoms with van der Waals surface area (Å²) in [5, 5.41) is 9.29. The molecule has 0 atom stereocenters. The highest BCUT2D eigenvalue weighted by Crippen LogP contribution is 2.26. The van der Waals surface area contributed by atoms with Crippen LogP contribution in [-0.4, -0.2) is 30.9 Å². The lowest BCUT2D eigenvalue weighted by Crippen LogP contribution is -2.37. The number of ether oxygens (including phenoxy) is 1. The first kappa shape index (κ1) is 13.3. The number of hydrogen-bond acceptors (Lipinski definition) is 3. The Hall–Kier alpha value is -1.13. The van der Waals surface area contributed by atoms with E-state index in [4.69, 9.17) is 4.74 Å². The highest BCUT2D eigenvalue weighted by Gasteiger charge is 2.21. The van der Waals surface area contributed by atoms with E-state index in [0.29, 0.717) is 11.7 Å². The molecule has 3 nitrogen and oxygen atoms in total. The molecule has 18 heavy (non-hydrogen) atoms. The first-order chi connectivity index (χ1) is 8.74. The van der Waals surface area contributed by atoms with Gasteiger partial charge in [-0.1, -0.05) is 0 Å². The summed E-state index contributed by atoms with van der Waals surface area (Å²) in [5.41, 5.74) is 1.60. The maximum absolute atomic E-state index is 13.1. The van der Waals surface area contributed by atoms with Gasteiger partial charge in [0.1, 0.15) is 5.82 Å². The molecular formula is C14H20FNO2. The van der Waals surface area contributed by atoms with Crippen LogP contribution in [0.15, 0.2) is 18.2 Å². The summed E-state index contributed by atoms with van der Waals surface area (Å²) in [6, 6.07) is 4.61. The normalized spacial score (nSPS) is 17.2. The van der Waals surface area contributed by atoms with Gasteiger partial charge in [0.25, 0.3) is 0 Å². The molecule has 0 aliphatic carbocycles. The quantitative estimate of drug-likeness (QED) is 0.894. The molecule has 0 saturated carbocycles. The van der Waals surface area contributed by atoms with Gasteiger partial charge >= 0.3 is 0 Å². The predicted molar refractivity (Wildman–Crippen MR) is 69.2 cm³/mol. The number of halogens is 1. The SMILES string of the molecule is CCOC1CCN(c2ccc(F)cc2CO)CC1. The van der Waals surface area contributed by atoms with Gasteiger partial charge < -0.3 is 14.7 Å². The average Bonchev–Trinajstić information content (AvgIpc) is 2.40. The fourth-order valence-corrected chi connectivity index (χ4v) is 2.49. The molecule has 1 fully saturated rings. The summed E-state index contributed by atoms with van der Waals surface area (Å²) >= 11 is 0. The molecule has 2 rings (SSSR count). The fraction of sp³-hybridized carbons (Fsp3) is 0.571. The summed E-state index contributed by atoms with van der Waals surface area (Å²) in [5.74, 6) is -0.299. The Morgan fingerprint density at radius 2 is 2.11 bits per heavy atom. The minimum absolute atomic E-state index is 0.127. The van der Waals surface area contributed by atoms with Crippen LogP contribution in [0.25, 0.3) is 0 Å². The second kappa shape index (κ2) is 6.16. The van der Waals surface area contributed by atoms with E-state index in [0.717, 1.165) is 38.2 Å². The topological polar surface area (TPSA) is 32.7 Å². The molecule has 0 aromatic heterocycles. The van der Waals surface area contributed by atoms with E-state index in [-0.39, 0.29) is 12.4 Å². The Balaban J connectivity index is 2.05. The lowest BCUT2D eigenvalue weighted by Gasteiger charge is -2.34. The maximum Gasteiger partial charge on any atom is 0.123 e. The summed E-state index contributed by atoms with van der Waals surface area (Å²) in [6.45, 7) is 4.42. The van der Waals surface area contributed by atoms with Crippen molar-refractivity contribution < 1.29 is 14.2 Å². The number of aliphatic hydroxyl groups excluding tert-OH is 1. The third kappa shape index (κ3) is 3.00. The van der Waals surface area contributed by atoms with Crippen molar-refractivity contribution in [2.24, 2.45) is 0 Å². The third-order valence-corrected chi connectivity index (χ3v) is 3.40. The lowest BCUT2D eigenvalue weighted by atomic mass is 10.0. The zero-order valence-electron chi connectivity index (χ0n) is 10.7. The molecule has 0 spiro atoms. The Kier molecular flexibility index (Phi) is 4.55. The van der Waals surface area contributed by atoms with Gasteiger partial charge in [-0.15, -0.1) is 0 Å². The van der Waals surface area contributed by atoms with Gasteiger partial charge in [0.05, 0.1) is 12.7 Å². The van der Waals surface area contributed by atoms with Crippen LogP contribution in [0.2, 0.25) is 0 Å². The first-order valence-corrected chi connectivity index (χ1v) is 6.50. The molecular weight excluding hydrogens is 233 g/mol. The van der Waals surface area contributed by atoms with Crippen LogP contribution in [0.1, 0.15) is 25.3 Å². The molecule has 0 amide bonds. The van der Waals surface area contributed by atoms with Gasteiger partial charge in [-0.05, 0) is 38.0 Å². The van der Waals surface area contributed by atoms with Crippen LogP contribution in [0, 0.1) is 5.82 Å². The zero-order valence-corrected chi connectivity index (χ0v) is 10.7. The van der Waals surface area contributed by atoms with Crippen molar-refractivity contribution >= 4 is 5.69 Å². The molecule has 1 saturated heterocycles. The van der Waals surface area contributed by atoms with E-state index >= 15 is 0 Å². The molecule has 1 aliphatic heterocycles. The zero-order chi connectivity index (χ0) is 13.0. The van der Waals surface area contributed by atoms with Crippen molar-refractivity contribution in [1.82, 2.24) is 0 Å². The van der Waals surface area contributed by atoms with E-state index in [9.17, 15) is 9.50 Å². The Labute approximate surface area is 107 Å². The van der Waals surface area contributed by atoms with E-state index in [1.165, 1.54) is 12.1 Å². The number of rotatable bonds is 4. The largest absolute Gasteiger partial charge is 0.392 e. The number of piperidine rings is 1. The van der Waals surface area contributed by atoms with Crippen molar-refractivity contribution in [3.8, 4) is 0 Å². The van der Waals surface area contributed by atoms with E-state index < -0.39 is 0 Å². The Morgan fingerprint density at radius 3 is 2.72 bits per heavy atom. The molecule has 1 aliphatic rings. The van der Waals surface area contributed by atoms with Gasteiger partial charge in [-0.25, -0.2) is 4.39 Å². The molecule has 100 valence electrons. The molecule has 1 aromatic carbocycles. The second-order valence-electron chi connectivity index (χ2n) is 4.57. The Morgan fingerprint density at radius 1 is 1.39 bits per heavy atom. The van der Waals surface area contributed by atoms with Crippen LogP contribution in [0.5, 0.6) is 0 Å². The van der Waals surface area contributed by atoms with Crippen LogP contribution >= 0.6 is 0 Å². The molecule has 0 unspecified atom stereocenters. The van der Waals surface area contributed by atoms with Gasteiger partial charge in [0.15, 0.2) is 0 Å². The smallest absolute Gasteiger partial charge is 0.123 e. The second-order valence-corrected chi connectivity index (χ2v) is 4.57. The van der Waals surface area contributed by atoms with Crippen LogP contribution in [0.3, 0.4) is 0 Å². The molecule has 1 heterocycles. The van der Waals surface area contributed by atoms with Gasteiger partial charge in [0.2, 0.25) is 0 Å². The van der Waals surface area contributed by atoms with Gasteiger partial charge in [-0.2, -0.15) is 0 Å². The van der Waals surface area contributed by atoms with Crippen molar-refractivity contribution in [2.45, 2.75) is 32.5 Å². The number of aliphatic hydroxyl groups is 1. The van der Waals surface area contributed by atoms with Crippen molar-refractivity contribution in [1.29, 1.82) is 0 Å². The lowest BCUT2D eigenvalue weighted by molar-refractivity contribution is 0.0459. The van der Waals surface area contributed by atoms with E-state index in [2.05, 4.69) is 4.90 Å². The summed E-state index contributed by atoms with van der Waals surface area (Å²) in [4.78, 5) is 2.19. The minimum Gasteiger partial charge on any atom is -0.392 e. The molecule has 1 N–H and O–H groups in total. The summed E-state index contributed by atoms with van der Waals surface area (Å²) in [6.07, 6.45) is 2.30. The number of hydrogen-bond donors (Lipinski definition) is 1. The van der Waals surface area contributed by atoms with Crippen molar-refractivity contribution in [3.05, 3.63) is 29.6 Å². The van der Waals surface area contributed by atoms with Gasteiger partial charge in [-0.3, -0.25) is 0 Å². The number of anilines is 1. The first-order valence-electron chi connectivity index (χ1n) is 6.50. The maximum atomic E-state index is 13.1. The summed E-state index contributed by atoms with van der Waals surface area (Å²) in [7, 11) is 0. The molecule has 0 radical (unpaired) electrons. The van der Waals surface area contributed by atoms with Crippen LogP contribution in [0.4, 0.5) is 10.1 Å². The predicted octanol–water partition coefficient (Wildman–Crippen LogP) is 2.32. The molecule has 1 aromatic rings. The van der Waals surface area contributed by atoms with Gasteiger partial charge in [0, 0.05) is 30.9 Å². The number of nitrogens with zero attached hydrogens (tertiary/aromatic N) is 1. The molecule has 0 bridgehead atoms.